The number of hydrogen-bond donors (Lipinski definition) is 1. The summed E-state index contributed by atoms with van der Waals surface area (Å²) >= 11 is 6.35. The Bertz CT molecular complexity index is 625. The smallest absolute Gasteiger partial charge is 0.254 e. The van der Waals surface area contributed by atoms with Crippen LogP contribution in [0.3, 0.4) is 0 Å². The zero-order valence-electron chi connectivity index (χ0n) is 15.2. The number of benzene rings is 1. The van der Waals surface area contributed by atoms with Crippen LogP contribution in [0.4, 0.5) is 0 Å². The van der Waals surface area contributed by atoms with Crippen LogP contribution in [0.5, 0.6) is 11.5 Å². The number of rotatable bonds is 6. The third-order valence-corrected chi connectivity index (χ3v) is 5.52. The second kappa shape index (κ2) is 7.83. The van der Waals surface area contributed by atoms with Crippen molar-refractivity contribution in [3.63, 3.8) is 0 Å². The summed E-state index contributed by atoms with van der Waals surface area (Å²) < 4.78 is 11.1. The summed E-state index contributed by atoms with van der Waals surface area (Å²) in [7, 11) is 3.45. The van der Waals surface area contributed by atoms with Gasteiger partial charge in [-0.15, -0.1) is 0 Å². The maximum Gasteiger partial charge on any atom is 0.254 e. The highest BCUT2D eigenvalue weighted by molar-refractivity contribution is 6.32. The molecule has 3 rings (SSSR count). The minimum atomic E-state index is -0.0199. The number of fused-ring (bicyclic) bond motifs is 2. The van der Waals surface area contributed by atoms with E-state index < -0.39 is 0 Å². The van der Waals surface area contributed by atoms with Gasteiger partial charge in [-0.05, 0) is 44.2 Å². The van der Waals surface area contributed by atoms with E-state index in [1.165, 1.54) is 12.8 Å². The molecule has 2 bridgehead atoms. The van der Waals surface area contributed by atoms with Crippen molar-refractivity contribution in [2.75, 3.05) is 20.8 Å². The minimum Gasteiger partial charge on any atom is -0.493 e. The Balaban J connectivity index is 1.78. The van der Waals surface area contributed by atoms with Gasteiger partial charge in [0.1, 0.15) is 0 Å². The summed E-state index contributed by atoms with van der Waals surface area (Å²) in [6.07, 6.45) is 5.34. The molecule has 2 unspecified atom stereocenters. The highest BCUT2D eigenvalue weighted by Gasteiger charge is 2.36. The first kappa shape index (κ1) is 18.3. The number of nitrogens with one attached hydrogen (secondary N) is 1. The van der Waals surface area contributed by atoms with Crippen LogP contribution in [0.2, 0.25) is 5.02 Å². The predicted molar refractivity (Wildman–Crippen MR) is 98.9 cm³/mol. The van der Waals surface area contributed by atoms with Gasteiger partial charge in [0.15, 0.2) is 11.5 Å². The predicted octanol–water partition coefficient (Wildman–Crippen LogP) is 3.49. The van der Waals surface area contributed by atoms with E-state index in [0.717, 1.165) is 19.3 Å². The average molecular weight is 367 g/mol. The fourth-order valence-electron chi connectivity index (χ4n) is 3.90. The zero-order chi connectivity index (χ0) is 18.0. The average Bonchev–Trinajstić information content (AvgIpc) is 2.96. The van der Waals surface area contributed by atoms with Crippen LogP contribution in [0.15, 0.2) is 12.1 Å². The normalized spacial score (nSPS) is 24.9. The number of carbonyl (C=O) groups is 1. The molecule has 0 radical (unpaired) electrons. The summed E-state index contributed by atoms with van der Waals surface area (Å²) in [4.78, 5) is 14.8. The van der Waals surface area contributed by atoms with E-state index in [4.69, 9.17) is 21.1 Å². The van der Waals surface area contributed by atoms with E-state index in [-0.39, 0.29) is 11.9 Å². The van der Waals surface area contributed by atoms with E-state index in [2.05, 4.69) is 5.32 Å². The van der Waals surface area contributed by atoms with Gasteiger partial charge in [-0.2, -0.15) is 0 Å². The van der Waals surface area contributed by atoms with Crippen LogP contribution in [-0.2, 0) is 0 Å². The van der Waals surface area contributed by atoms with Crippen LogP contribution >= 0.6 is 11.6 Å². The lowest BCUT2D eigenvalue weighted by Gasteiger charge is -2.35. The van der Waals surface area contributed by atoms with Gasteiger partial charge >= 0.3 is 0 Å². The van der Waals surface area contributed by atoms with Crippen molar-refractivity contribution < 1.29 is 14.3 Å². The van der Waals surface area contributed by atoms with Gasteiger partial charge in [0, 0.05) is 30.7 Å². The topological polar surface area (TPSA) is 50.8 Å². The number of carbonyl (C=O) groups excluding carboxylic acids is 1. The number of hydrogen-bond acceptors (Lipinski definition) is 4. The summed E-state index contributed by atoms with van der Waals surface area (Å²) in [6.45, 7) is 2.58. The summed E-state index contributed by atoms with van der Waals surface area (Å²) in [5.74, 6) is 0.988. The molecular formula is C19H27ClN2O3. The Labute approximate surface area is 154 Å². The molecule has 25 heavy (non-hydrogen) atoms. The van der Waals surface area contributed by atoms with Gasteiger partial charge in [-0.3, -0.25) is 4.79 Å². The molecule has 0 spiro atoms. The third-order valence-electron chi connectivity index (χ3n) is 5.24. The van der Waals surface area contributed by atoms with Gasteiger partial charge < -0.3 is 19.7 Å². The van der Waals surface area contributed by atoms with E-state index in [1.807, 2.05) is 18.9 Å². The van der Waals surface area contributed by atoms with Gasteiger partial charge in [-0.1, -0.05) is 18.5 Å². The molecule has 2 aliphatic rings. The monoisotopic (exact) mass is 366 g/mol. The molecule has 1 aromatic carbocycles. The molecule has 5 nitrogen and oxygen atoms in total. The first-order valence-corrected chi connectivity index (χ1v) is 9.44. The molecule has 2 fully saturated rings. The second-order valence-electron chi connectivity index (χ2n) is 7.02. The van der Waals surface area contributed by atoms with Gasteiger partial charge in [0.05, 0.1) is 18.7 Å². The molecule has 0 saturated carbocycles. The second-order valence-corrected chi connectivity index (χ2v) is 7.42. The Morgan fingerprint density at radius 3 is 2.60 bits per heavy atom. The molecule has 0 aliphatic carbocycles. The van der Waals surface area contributed by atoms with Crippen LogP contribution in [-0.4, -0.2) is 49.7 Å². The van der Waals surface area contributed by atoms with Crippen molar-refractivity contribution in [2.24, 2.45) is 0 Å². The quantitative estimate of drug-likeness (QED) is 0.837. The Morgan fingerprint density at radius 1 is 1.32 bits per heavy atom. The number of amides is 1. The fraction of sp³-hybridized carbons (Fsp3) is 0.632. The SMILES string of the molecule is CCCOc1c(Cl)cc(C(=O)N(C)C2CC3CCC(C2)N3)cc1OC. The Morgan fingerprint density at radius 2 is 2.00 bits per heavy atom. The molecule has 2 heterocycles. The highest BCUT2D eigenvalue weighted by Crippen LogP contribution is 2.37. The maximum absolute atomic E-state index is 13.0. The summed E-state index contributed by atoms with van der Waals surface area (Å²) in [5, 5.41) is 4.02. The van der Waals surface area contributed by atoms with Crippen molar-refractivity contribution >= 4 is 17.5 Å². The van der Waals surface area contributed by atoms with Crippen molar-refractivity contribution in [1.82, 2.24) is 10.2 Å². The number of halogens is 1. The number of methoxy groups -OCH3 is 1. The van der Waals surface area contributed by atoms with E-state index in [0.29, 0.717) is 40.8 Å². The molecule has 0 aromatic heterocycles. The molecule has 2 aliphatic heterocycles. The van der Waals surface area contributed by atoms with Crippen molar-refractivity contribution in [3.05, 3.63) is 22.7 Å². The van der Waals surface area contributed by atoms with Crippen molar-refractivity contribution in [2.45, 2.75) is 57.2 Å². The molecule has 2 atom stereocenters. The fourth-order valence-corrected chi connectivity index (χ4v) is 4.17. The van der Waals surface area contributed by atoms with Crippen LogP contribution in [0, 0.1) is 0 Å². The largest absolute Gasteiger partial charge is 0.493 e. The van der Waals surface area contributed by atoms with E-state index in [1.54, 1.807) is 19.2 Å². The van der Waals surface area contributed by atoms with Crippen LogP contribution < -0.4 is 14.8 Å². The van der Waals surface area contributed by atoms with Crippen LogP contribution in [0.25, 0.3) is 0 Å². The zero-order valence-corrected chi connectivity index (χ0v) is 15.9. The van der Waals surface area contributed by atoms with Crippen molar-refractivity contribution in [3.8, 4) is 11.5 Å². The number of ether oxygens (including phenoxy) is 2. The maximum atomic E-state index is 13.0. The van der Waals surface area contributed by atoms with E-state index in [9.17, 15) is 4.79 Å². The lowest BCUT2D eigenvalue weighted by atomic mass is 9.98. The first-order valence-electron chi connectivity index (χ1n) is 9.07. The first-order chi connectivity index (χ1) is 12.0. The van der Waals surface area contributed by atoms with Gasteiger partial charge in [-0.25, -0.2) is 0 Å². The Kier molecular flexibility index (Phi) is 5.74. The summed E-state index contributed by atoms with van der Waals surface area (Å²) in [5.41, 5.74) is 0.541. The van der Waals surface area contributed by atoms with Crippen LogP contribution in [0.1, 0.15) is 49.4 Å². The molecule has 2 saturated heterocycles. The minimum absolute atomic E-state index is 0.0199. The lowest BCUT2D eigenvalue weighted by molar-refractivity contribution is 0.0681. The highest BCUT2D eigenvalue weighted by atomic mass is 35.5. The van der Waals surface area contributed by atoms with Crippen molar-refractivity contribution in [1.29, 1.82) is 0 Å². The number of nitrogens with zero attached hydrogens (tertiary/aromatic N) is 1. The lowest BCUT2D eigenvalue weighted by Crippen LogP contribution is -2.48. The van der Waals surface area contributed by atoms with E-state index >= 15 is 0 Å². The molecule has 1 aromatic rings. The summed E-state index contributed by atoms with van der Waals surface area (Å²) in [6, 6.07) is 4.77. The standard InChI is InChI=1S/C19H27ClN2O3/c1-4-7-25-18-16(20)8-12(9-17(18)24-3)19(23)22(2)15-10-13-5-6-14(11-15)21-13/h8-9,13-15,21H,4-7,10-11H2,1-3H3. The van der Waals surface area contributed by atoms with Gasteiger partial charge in [0.2, 0.25) is 0 Å². The molecule has 1 N–H and O–H groups in total. The molecular weight excluding hydrogens is 340 g/mol. The molecule has 1 amide bonds. The van der Waals surface area contributed by atoms with Gasteiger partial charge in [0.25, 0.3) is 5.91 Å². The Hall–Kier alpha value is -1.46. The molecule has 6 heteroatoms. The number of piperidine rings is 1. The molecule has 138 valence electrons. The third kappa shape index (κ3) is 3.87.